The Morgan fingerprint density at radius 3 is 2.41 bits per heavy atom. The molecule has 1 spiro atoms. The van der Waals surface area contributed by atoms with Crippen molar-refractivity contribution >= 4 is 40.7 Å². The molecule has 2 aromatic rings. The summed E-state index contributed by atoms with van der Waals surface area (Å²) in [5.74, 6) is -1.92. The van der Waals surface area contributed by atoms with E-state index in [0.29, 0.717) is 25.1 Å². The summed E-state index contributed by atoms with van der Waals surface area (Å²) in [6.45, 7) is 3.97. The topological polar surface area (TPSA) is 148 Å². The van der Waals surface area contributed by atoms with E-state index < -0.39 is 35.5 Å². The molecule has 12 nitrogen and oxygen atoms in total. The molecule has 3 fully saturated rings. The van der Waals surface area contributed by atoms with Gasteiger partial charge in [0, 0.05) is 17.8 Å². The van der Waals surface area contributed by atoms with Crippen LogP contribution in [-0.2, 0) is 33.4 Å². The lowest BCUT2D eigenvalue weighted by molar-refractivity contribution is -0.194. The van der Waals surface area contributed by atoms with E-state index in [0.717, 1.165) is 35.7 Å². The van der Waals surface area contributed by atoms with Crippen LogP contribution in [0.25, 0.3) is 17.0 Å². The van der Waals surface area contributed by atoms with Crippen LogP contribution < -0.4 is 16.1 Å². The number of hydrogen-bond acceptors (Lipinski definition) is 9. The SMILES string of the molecule is C[C@@H]1NC(=O)[C@H](C2CCC2)OC(=O)C2(/C=C\c3ccc4ccc(nc4c3)[C@@H](C)NC(=O)[C@@H]3CCCN(N3)C1=O)COCOC2. The van der Waals surface area contributed by atoms with Gasteiger partial charge in [0.1, 0.15) is 24.3 Å². The number of ether oxygens (including phenoxy) is 3. The monoisotopic (exact) mass is 605 g/mol. The van der Waals surface area contributed by atoms with Gasteiger partial charge in [-0.2, -0.15) is 0 Å². The maximum absolute atomic E-state index is 13.8. The predicted molar refractivity (Wildman–Crippen MR) is 159 cm³/mol. The Bertz CT molecular complexity index is 1470. The molecule has 4 atom stereocenters. The van der Waals surface area contributed by atoms with Crippen LogP contribution in [0.5, 0.6) is 0 Å². The van der Waals surface area contributed by atoms with E-state index in [1.54, 1.807) is 19.1 Å². The number of rotatable bonds is 1. The van der Waals surface area contributed by atoms with E-state index in [4.69, 9.17) is 19.2 Å². The number of fused-ring (bicyclic) bond motifs is 4. The van der Waals surface area contributed by atoms with Gasteiger partial charge in [0.05, 0.1) is 30.5 Å². The van der Waals surface area contributed by atoms with E-state index in [1.807, 2.05) is 37.3 Å². The molecule has 6 rings (SSSR count). The third-order valence-corrected chi connectivity index (χ3v) is 9.00. The van der Waals surface area contributed by atoms with Crippen molar-refractivity contribution in [1.29, 1.82) is 0 Å². The normalized spacial score (nSPS) is 29.5. The summed E-state index contributed by atoms with van der Waals surface area (Å²) >= 11 is 0. The van der Waals surface area contributed by atoms with Crippen molar-refractivity contribution in [2.75, 3.05) is 26.6 Å². The molecule has 234 valence electrons. The molecule has 3 aliphatic heterocycles. The summed E-state index contributed by atoms with van der Waals surface area (Å²) in [4.78, 5) is 58.8. The molecule has 1 saturated carbocycles. The number of pyridine rings is 1. The van der Waals surface area contributed by atoms with Gasteiger partial charge in [-0.1, -0.05) is 36.8 Å². The molecular weight excluding hydrogens is 566 g/mol. The maximum Gasteiger partial charge on any atom is 0.321 e. The van der Waals surface area contributed by atoms with Crippen LogP contribution in [0.4, 0.5) is 0 Å². The highest BCUT2D eigenvalue weighted by atomic mass is 16.7. The van der Waals surface area contributed by atoms with E-state index in [-0.39, 0.29) is 43.8 Å². The second-order valence-electron chi connectivity index (χ2n) is 12.3. The fraction of sp³-hybridized carbons (Fsp3) is 0.531. The van der Waals surface area contributed by atoms with Crippen LogP contribution in [0.15, 0.2) is 36.4 Å². The molecule has 3 N–H and O–H groups in total. The van der Waals surface area contributed by atoms with Crippen molar-refractivity contribution < 1.29 is 33.4 Å². The molecule has 0 radical (unpaired) electrons. The van der Waals surface area contributed by atoms with Gasteiger partial charge in [0.25, 0.3) is 11.8 Å². The molecule has 12 heteroatoms. The Morgan fingerprint density at radius 1 is 0.909 bits per heavy atom. The molecule has 4 aliphatic rings. The van der Waals surface area contributed by atoms with Gasteiger partial charge in [-0.3, -0.25) is 29.2 Å². The Kier molecular flexibility index (Phi) is 8.66. The fourth-order valence-electron chi connectivity index (χ4n) is 6.03. The molecule has 0 unspecified atom stereocenters. The van der Waals surface area contributed by atoms with Crippen LogP contribution in [-0.4, -0.2) is 78.4 Å². The summed E-state index contributed by atoms with van der Waals surface area (Å²) in [6, 6.07) is 7.70. The van der Waals surface area contributed by atoms with Gasteiger partial charge in [-0.15, -0.1) is 0 Å². The number of cyclic esters (lactones) is 1. The third-order valence-electron chi connectivity index (χ3n) is 9.00. The van der Waals surface area contributed by atoms with Crippen LogP contribution in [0.2, 0.25) is 0 Å². The minimum absolute atomic E-state index is 0.0330. The molecular formula is C32H39N5O7. The standard InChI is InChI=1S/C32H39N5O7/c1-19-24-11-10-22-9-8-21(15-26(22)35-24)12-13-32(16-42-18-43-17-32)31(41)44-27(23-5-3-6-23)29(39)34-20(2)30(40)37-14-4-7-25(36-37)28(38)33-19/h8-13,15,19-20,23,25,27,36H,3-7,14,16-18H2,1-2H3,(H,33,38)(H,34,39)/b13-12-/t19-,20+,25+,27+/m1/s1. The van der Waals surface area contributed by atoms with E-state index in [1.165, 1.54) is 5.01 Å². The van der Waals surface area contributed by atoms with Gasteiger partial charge in [-0.25, -0.2) is 5.43 Å². The zero-order chi connectivity index (χ0) is 30.8. The molecule has 44 heavy (non-hydrogen) atoms. The van der Waals surface area contributed by atoms with Crippen molar-refractivity contribution in [1.82, 2.24) is 26.1 Å². The number of carbonyl (C=O) groups is 4. The van der Waals surface area contributed by atoms with Crippen LogP contribution in [0.1, 0.15) is 63.3 Å². The van der Waals surface area contributed by atoms with Crippen molar-refractivity contribution in [3.63, 3.8) is 0 Å². The first-order chi connectivity index (χ1) is 21.2. The average molecular weight is 606 g/mol. The number of nitrogens with one attached hydrogen (secondary N) is 3. The highest BCUT2D eigenvalue weighted by Crippen LogP contribution is 2.35. The molecule has 3 amide bonds. The van der Waals surface area contributed by atoms with Crippen molar-refractivity contribution in [2.45, 2.75) is 70.2 Å². The smallest absolute Gasteiger partial charge is 0.321 e. The summed E-state index contributed by atoms with van der Waals surface area (Å²) in [6.07, 6.45) is 6.02. The Labute approximate surface area is 255 Å². The number of benzene rings is 1. The van der Waals surface area contributed by atoms with Crippen molar-refractivity contribution in [3.8, 4) is 0 Å². The summed E-state index contributed by atoms with van der Waals surface area (Å²) in [7, 11) is 0. The number of amides is 3. The number of nitrogens with zero attached hydrogens (tertiary/aromatic N) is 2. The summed E-state index contributed by atoms with van der Waals surface area (Å²) < 4.78 is 17.1. The molecule has 1 aromatic carbocycles. The summed E-state index contributed by atoms with van der Waals surface area (Å²) in [5, 5.41) is 8.11. The van der Waals surface area contributed by atoms with Gasteiger partial charge in [0.2, 0.25) is 5.91 Å². The van der Waals surface area contributed by atoms with E-state index >= 15 is 0 Å². The van der Waals surface area contributed by atoms with Gasteiger partial charge in [0.15, 0.2) is 6.10 Å². The number of hydrazine groups is 1. The van der Waals surface area contributed by atoms with E-state index in [2.05, 4.69) is 16.1 Å². The first-order valence-electron chi connectivity index (χ1n) is 15.4. The second-order valence-corrected chi connectivity index (χ2v) is 12.3. The maximum atomic E-state index is 13.8. The summed E-state index contributed by atoms with van der Waals surface area (Å²) in [5.41, 5.74) is 3.99. The lowest BCUT2D eigenvalue weighted by Crippen LogP contribution is -2.61. The van der Waals surface area contributed by atoms with Crippen LogP contribution >= 0.6 is 0 Å². The van der Waals surface area contributed by atoms with E-state index in [9.17, 15) is 19.2 Å². The predicted octanol–water partition coefficient (Wildman–Crippen LogP) is 2.14. The second kappa shape index (κ2) is 12.6. The molecule has 2 saturated heterocycles. The van der Waals surface area contributed by atoms with Crippen LogP contribution in [0, 0.1) is 11.3 Å². The first-order valence-corrected chi connectivity index (χ1v) is 15.4. The Balaban J connectivity index is 1.36. The quantitative estimate of drug-likeness (QED) is 0.416. The molecule has 1 aliphatic carbocycles. The minimum Gasteiger partial charge on any atom is -0.451 e. The lowest BCUT2D eigenvalue weighted by Gasteiger charge is -2.38. The highest BCUT2D eigenvalue weighted by molar-refractivity contribution is 5.92. The number of hydrogen-bond donors (Lipinski definition) is 3. The highest BCUT2D eigenvalue weighted by Gasteiger charge is 2.45. The molecule has 4 heterocycles. The zero-order valence-electron chi connectivity index (χ0n) is 25.0. The van der Waals surface area contributed by atoms with Crippen molar-refractivity contribution in [3.05, 3.63) is 47.7 Å². The molecule has 5 bridgehead atoms. The average Bonchev–Trinajstić information content (AvgIpc) is 3.01. The Morgan fingerprint density at radius 2 is 1.66 bits per heavy atom. The lowest BCUT2D eigenvalue weighted by atomic mass is 9.80. The minimum atomic E-state index is -1.27. The number of carbonyl (C=O) groups excluding carboxylic acids is 4. The third kappa shape index (κ3) is 6.19. The number of esters is 1. The van der Waals surface area contributed by atoms with Crippen molar-refractivity contribution in [2.24, 2.45) is 11.3 Å². The zero-order valence-corrected chi connectivity index (χ0v) is 25.0. The van der Waals surface area contributed by atoms with Gasteiger partial charge >= 0.3 is 5.97 Å². The molecule has 1 aromatic heterocycles. The fourth-order valence-corrected chi connectivity index (χ4v) is 6.03. The Hall–Kier alpha value is -3.87. The first kappa shape index (κ1) is 30.2. The van der Waals surface area contributed by atoms with Gasteiger partial charge in [-0.05, 0) is 57.2 Å². The van der Waals surface area contributed by atoms with Gasteiger partial charge < -0.3 is 24.8 Å². The van der Waals surface area contributed by atoms with Crippen LogP contribution in [0.3, 0.4) is 0 Å². The number of aromatic nitrogens is 1. The largest absolute Gasteiger partial charge is 0.451 e.